The summed E-state index contributed by atoms with van der Waals surface area (Å²) in [6.07, 6.45) is 1.74. The Morgan fingerprint density at radius 3 is 2.65 bits per heavy atom. The molecule has 5 nitrogen and oxygen atoms in total. The number of benzene rings is 1. The third-order valence-electron chi connectivity index (χ3n) is 3.04. The number of nitrogens with zero attached hydrogens (tertiary/aromatic N) is 3. The van der Waals surface area contributed by atoms with Crippen LogP contribution in [0, 0.1) is 6.92 Å². The molecule has 1 aromatic carbocycles. The van der Waals surface area contributed by atoms with E-state index in [0.29, 0.717) is 0 Å². The first-order chi connectivity index (χ1) is 9.76. The second-order valence-electron chi connectivity index (χ2n) is 4.52. The topological polar surface area (TPSA) is 66.5 Å². The van der Waals surface area contributed by atoms with E-state index in [4.69, 9.17) is 0 Å². The van der Waals surface area contributed by atoms with Gasteiger partial charge in [-0.15, -0.1) is 0 Å². The van der Waals surface area contributed by atoms with Gasteiger partial charge in [-0.1, -0.05) is 18.2 Å². The highest BCUT2D eigenvalue weighted by Gasteiger charge is 2.06. The molecule has 0 saturated carbocycles. The summed E-state index contributed by atoms with van der Waals surface area (Å²) in [4.78, 5) is 8.99. The van der Waals surface area contributed by atoms with Crippen molar-refractivity contribution in [2.24, 2.45) is 0 Å². The van der Waals surface area contributed by atoms with Gasteiger partial charge in [-0.2, -0.15) is 5.10 Å². The molecule has 0 aliphatic carbocycles. The molecule has 2 N–H and O–H groups in total. The molecule has 0 bridgehead atoms. The van der Waals surface area contributed by atoms with Gasteiger partial charge in [0.15, 0.2) is 5.82 Å². The van der Waals surface area contributed by atoms with Crippen LogP contribution in [-0.2, 0) is 0 Å². The molecule has 100 valence electrons. The summed E-state index contributed by atoms with van der Waals surface area (Å²) in [5, 5.41) is 9.99. The Hall–Kier alpha value is -2.69. The van der Waals surface area contributed by atoms with Gasteiger partial charge < -0.3 is 5.32 Å². The van der Waals surface area contributed by atoms with Crippen molar-refractivity contribution in [1.29, 1.82) is 0 Å². The van der Waals surface area contributed by atoms with Crippen molar-refractivity contribution in [3.8, 4) is 22.6 Å². The molecule has 3 rings (SSSR count). The third-order valence-corrected chi connectivity index (χ3v) is 3.04. The Bertz CT molecular complexity index is 719. The van der Waals surface area contributed by atoms with Crippen molar-refractivity contribution >= 4 is 5.82 Å². The molecule has 0 fully saturated rings. The molecule has 0 amide bonds. The maximum atomic E-state index is 4.50. The second kappa shape index (κ2) is 5.13. The van der Waals surface area contributed by atoms with Crippen LogP contribution in [0.2, 0.25) is 0 Å². The normalized spacial score (nSPS) is 10.5. The van der Waals surface area contributed by atoms with Crippen molar-refractivity contribution in [3.63, 3.8) is 0 Å². The summed E-state index contributed by atoms with van der Waals surface area (Å²) >= 11 is 0. The minimum Gasteiger partial charge on any atom is -0.373 e. The van der Waals surface area contributed by atoms with Crippen LogP contribution < -0.4 is 5.32 Å². The average molecular weight is 265 g/mol. The summed E-state index contributed by atoms with van der Waals surface area (Å²) in [7, 11) is 1.85. The smallest absolute Gasteiger partial charge is 0.161 e. The zero-order valence-corrected chi connectivity index (χ0v) is 11.4. The van der Waals surface area contributed by atoms with E-state index in [2.05, 4.69) is 31.5 Å². The maximum Gasteiger partial charge on any atom is 0.161 e. The van der Waals surface area contributed by atoms with Crippen LogP contribution in [0.3, 0.4) is 0 Å². The standard InChI is InChI=1S/C15H15N5/c1-10-8-14(16-2)19-15(18-10)12-5-3-4-11(9-12)13-6-7-17-20-13/h3-9H,1-2H3,(H,17,20)(H,16,18,19). The molecule has 3 aromatic rings. The van der Waals surface area contributed by atoms with Gasteiger partial charge in [-0.05, 0) is 19.1 Å². The highest BCUT2D eigenvalue weighted by Crippen LogP contribution is 2.23. The zero-order chi connectivity index (χ0) is 13.9. The van der Waals surface area contributed by atoms with Crippen LogP contribution in [-0.4, -0.2) is 27.2 Å². The number of rotatable bonds is 3. The van der Waals surface area contributed by atoms with Crippen LogP contribution in [0.4, 0.5) is 5.82 Å². The van der Waals surface area contributed by atoms with Crippen molar-refractivity contribution in [3.05, 3.63) is 48.3 Å². The van der Waals surface area contributed by atoms with Gasteiger partial charge in [0, 0.05) is 36.1 Å². The summed E-state index contributed by atoms with van der Waals surface area (Å²) in [5.74, 6) is 1.54. The van der Waals surface area contributed by atoms with E-state index in [-0.39, 0.29) is 0 Å². The van der Waals surface area contributed by atoms with Gasteiger partial charge in [0.25, 0.3) is 0 Å². The predicted octanol–water partition coefficient (Wildman–Crippen LogP) is 2.88. The number of anilines is 1. The molecule has 0 atom stereocenters. The SMILES string of the molecule is CNc1cc(C)nc(-c2cccc(-c3ccn[nH]3)c2)n1. The molecule has 0 saturated heterocycles. The number of aryl methyl sites for hydroxylation is 1. The summed E-state index contributed by atoms with van der Waals surface area (Å²) in [6.45, 7) is 1.96. The Labute approximate surface area is 117 Å². The van der Waals surface area contributed by atoms with Crippen molar-refractivity contribution < 1.29 is 0 Å². The molecule has 2 heterocycles. The Morgan fingerprint density at radius 1 is 1.05 bits per heavy atom. The molecule has 2 aromatic heterocycles. The van der Waals surface area contributed by atoms with Crippen molar-refractivity contribution in [2.45, 2.75) is 6.92 Å². The quantitative estimate of drug-likeness (QED) is 0.764. The fourth-order valence-electron chi connectivity index (χ4n) is 2.07. The minimum atomic E-state index is 0.718. The zero-order valence-electron chi connectivity index (χ0n) is 11.4. The minimum absolute atomic E-state index is 0.718. The number of aromatic nitrogens is 4. The van der Waals surface area contributed by atoms with Gasteiger partial charge in [0.05, 0.1) is 5.69 Å². The van der Waals surface area contributed by atoms with E-state index in [1.807, 2.05) is 44.3 Å². The molecule has 0 radical (unpaired) electrons. The molecule has 0 aliphatic rings. The Morgan fingerprint density at radius 2 is 1.90 bits per heavy atom. The van der Waals surface area contributed by atoms with Crippen LogP contribution in [0.25, 0.3) is 22.6 Å². The van der Waals surface area contributed by atoms with Gasteiger partial charge in [-0.3, -0.25) is 5.10 Å². The molecular weight excluding hydrogens is 250 g/mol. The van der Waals surface area contributed by atoms with E-state index in [1.54, 1.807) is 6.20 Å². The second-order valence-corrected chi connectivity index (χ2v) is 4.52. The first-order valence-electron chi connectivity index (χ1n) is 6.40. The van der Waals surface area contributed by atoms with E-state index < -0.39 is 0 Å². The monoisotopic (exact) mass is 265 g/mol. The number of aromatic amines is 1. The lowest BCUT2D eigenvalue weighted by molar-refractivity contribution is 1.09. The molecule has 0 unspecified atom stereocenters. The molecule has 20 heavy (non-hydrogen) atoms. The average Bonchev–Trinajstić information content (AvgIpc) is 3.01. The van der Waals surface area contributed by atoms with E-state index in [1.165, 1.54) is 0 Å². The maximum absolute atomic E-state index is 4.50. The highest BCUT2D eigenvalue weighted by molar-refractivity contribution is 5.68. The number of hydrogen-bond acceptors (Lipinski definition) is 4. The van der Waals surface area contributed by atoms with Crippen LogP contribution in [0.15, 0.2) is 42.6 Å². The summed E-state index contributed by atoms with van der Waals surface area (Å²) in [6, 6.07) is 12.0. The lowest BCUT2D eigenvalue weighted by Gasteiger charge is -2.06. The van der Waals surface area contributed by atoms with Gasteiger partial charge in [-0.25, -0.2) is 9.97 Å². The van der Waals surface area contributed by atoms with Crippen LogP contribution in [0.5, 0.6) is 0 Å². The molecule has 0 spiro atoms. The molecular formula is C15H15N5. The van der Waals surface area contributed by atoms with Gasteiger partial charge in [0.1, 0.15) is 5.82 Å². The first kappa shape index (κ1) is 12.3. The van der Waals surface area contributed by atoms with Crippen LogP contribution >= 0.6 is 0 Å². The molecule has 5 heteroatoms. The Balaban J connectivity index is 2.06. The first-order valence-corrected chi connectivity index (χ1v) is 6.40. The molecule has 0 aliphatic heterocycles. The third kappa shape index (κ3) is 2.38. The van der Waals surface area contributed by atoms with Gasteiger partial charge in [0.2, 0.25) is 0 Å². The van der Waals surface area contributed by atoms with Gasteiger partial charge >= 0.3 is 0 Å². The lowest BCUT2D eigenvalue weighted by atomic mass is 10.1. The number of H-pyrrole nitrogens is 1. The predicted molar refractivity (Wildman–Crippen MR) is 79.3 cm³/mol. The summed E-state index contributed by atoms with van der Waals surface area (Å²) in [5.41, 5.74) is 3.97. The fraction of sp³-hybridized carbons (Fsp3) is 0.133. The number of hydrogen-bond donors (Lipinski definition) is 2. The van der Waals surface area contributed by atoms with Crippen molar-refractivity contribution in [1.82, 2.24) is 20.2 Å². The summed E-state index contributed by atoms with van der Waals surface area (Å²) < 4.78 is 0. The lowest BCUT2D eigenvalue weighted by Crippen LogP contribution is -1.98. The number of nitrogens with one attached hydrogen (secondary N) is 2. The van der Waals surface area contributed by atoms with E-state index in [0.717, 1.165) is 34.2 Å². The van der Waals surface area contributed by atoms with E-state index >= 15 is 0 Å². The van der Waals surface area contributed by atoms with E-state index in [9.17, 15) is 0 Å². The fourth-order valence-corrected chi connectivity index (χ4v) is 2.07. The van der Waals surface area contributed by atoms with Crippen LogP contribution in [0.1, 0.15) is 5.69 Å². The van der Waals surface area contributed by atoms with Crippen molar-refractivity contribution in [2.75, 3.05) is 12.4 Å². The highest BCUT2D eigenvalue weighted by atomic mass is 15.1. The Kier molecular flexibility index (Phi) is 3.16. The largest absolute Gasteiger partial charge is 0.373 e.